The smallest absolute Gasteiger partial charge is 0.123 e. The quantitative estimate of drug-likeness (QED) is 0.705. The van der Waals surface area contributed by atoms with Crippen molar-refractivity contribution in [3.63, 3.8) is 0 Å². The third kappa shape index (κ3) is 3.67. The van der Waals surface area contributed by atoms with Gasteiger partial charge in [0.15, 0.2) is 0 Å². The molecule has 2 heterocycles. The molecule has 4 rings (SSSR count). The Morgan fingerprint density at radius 3 is 2.35 bits per heavy atom. The maximum absolute atomic E-state index is 13.5. The van der Waals surface area contributed by atoms with Gasteiger partial charge in [-0.25, -0.2) is 4.39 Å². The molecule has 26 heavy (non-hydrogen) atoms. The van der Waals surface area contributed by atoms with Crippen LogP contribution in [-0.2, 0) is 20.1 Å². The highest BCUT2D eigenvalue weighted by atomic mass is 19.1. The molecule has 0 amide bonds. The molecule has 0 atom stereocenters. The molecule has 3 nitrogen and oxygen atoms in total. The van der Waals surface area contributed by atoms with Crippen molar-refractivity contribution < 1.29 is 4.39 Å². The van der Waals surface area contributed by atoms with E-state index < -0.39 is 0 Å². The number of aromatic nitrogens is 1. The minimum atomic E-state index is -0.167. The minimum absolute atomic E-state index is 0.167. The fourth-order valence-corrected chi connectivity index (χ4v) is 3.93. The molecular weight excluding hydrogens is 325 g/mol. The van der Waals surface area contributed by atoms with Crippen LogP contribution in [0.1, 0.15) is 16.8 Å². The van der Waals surface area contributed by atoms with Gasteiger partial charge in [-0.2, -0.15) is 0 Å². The van der Waals surface area contributed by atoms with Gasteiger partial charge in [0, 0.05) is 62.9 Å². The predicted octanol–water partition coefficient (Wildman–Crippen LogP) is 3.94. The molecule has 0 aliphatic carbocycles. The van der Waals surface area contributed by atoms with E-state index in [1.807, 2.05) is 6.07 Å². The lowest BCUT2D eigenvalue weighted by Gasteiger charge is -2.34. The van der Waals surface area contributed by atoms with E-state index in [-0.39, 0.29) is 5.82 Å². The van der Waals surface area contributed by atoms with Crippen LogP contribution >= 0.6 is 0 Å². The Bertz CT molecular complexity index is 907. The summed E-state index contributed by atoms with van der Waals surface area (Å²) in [5.41, 5.74) is 5.07. The van der Waals surface area contributed by atoms with E-state index in [9.17, 15) is 4.39 Å². The summed E-state index contributed by atoms with van der Waals surface area (Å²) in [4.78, 5) is 5.03. The average molecular weight is 351 g/mol. The molecule has 0 N–H and O–H groups in total. The fraction of sp³-hybridized carbons (Fsp3) is 0.364. The Hall–Kier alpha value is -2.17. The Balaban J connectivity index is 1.37. The molecule has 4 heteroatoms. The first-order valence-electron chi connectivity index (χ1n) is 9.32. The van der Waals surface area contributed by atoms with E-state index >= 15 is 0 Å². The van der Waals surface area contributed by atoms with Crippen LogP contribution in [0.25, 0.3) is 10.9 Å². The summed E-state index contributed by atoms with van der Waals surface area (Å²) < 4.78 is 15.6. The van der Waals surface area contributed by atoms with Crippen molar-refractivity contribution in [1.29, 1.82) is 0 Å². The first-order chi connectivity index (χ1) is 12.6. The molecule has 1 fully saturated rings. The lowest BCUT2D eigenvalue weighted by atomic mass is 10.1. The van der Waals surface area contributed by atoms with E-state index in [0.717, 1.165) is 50.2 Å². The summed E-state index contributed by atoms with van der Waals surface area (Å²) in [6.07, 6.45) is 0. The van der Waals surface area contributed by atoms with Gasteiger partial charge in [0.1, 0.15) is 5.82 Å². The van der Waals surface area contributed by atoms with Crippen molar-refractivity contribution in [3.05, 3.63) is 71.2 Å². The van der Waals surface area contributed by atoms with Crippen LogP contribution in [-0.4, -0.2) is 40.5 Å². The standard InChI is InChI=1S/C22H26FN3/c1-17-4-3-5-18(12-17)15-25-8-10-26(11-9-25)16-21-14-19-13-20(23)6-7-22(19)24(21)2/h3-7,12-14H,8-11,15-16H2,1-2H3. The predicted molar refractivity (Wildman–Crippen MR) is 105 cm³/mol. The van der Waals surface area contributed by atoms with E-state index in [2.05, 4.69) is 58.7 Å². The average Bonchev–Trinajstić information content (AvgIpc) is 2.92. The highest BCUT2D eigenvalue weighted by Gasteiger charge is 2.18. The zero-order chi connectivity index (χ0) is 18.1. The van der Waals surface area contributed by atoms with E-state index in [4.69, 9.17) is 0 Å². The zero-order valence-corrected chi connectivity index (χ0v) is 15.6. The number of halogens is 1. The van der Waals surface area contributed by atoms with Crippen LogP contribution in [0.3, 0.4) is 0 Å². The first-order valence-corrected chi connectivity index (χ1v) is 9.32. The summed E-state index contributed by atoms with van der Waals surface area (Å²) in [5, 5.41) is 0.987. The number of benzene rings is 2. The van der Waals surface area contributed by atoms with Crippen LogP contribution in [0.2, 0.25) is 0 Å². The summed E-state index contributed by atoms with van der Waals surface area (Å²) >= 11 is 0. The zero-order valence-electron chi connectivity index (χ0n) is 15.6. The fourth-order valence-electron chi connectivity index (χ4n) is 3.93. The van der Waals surface area contributed by atoms with Crippen molar-refractivity contribution in [2.75, 3.05) is 26.2 Å². The summed E-state index contributed by atoms with van der Waals surface area (Å²) in [7, 11) is 2.07. The molecule has 1 saturated heterocycles. The number of rotatable bonds is 4. The number of piperazine rings is 1. The van der Waals surface area contributed by atoms with Crippen LogP contribution in [0.15, 0.2) is 48.5 Å². The lowest BCUT2D eigenvalue weighted by molar-refractivity contribution is 0.120. The molecule has 3 aromatic rings. The molecule has 0 spiro atoms. The first kappa shape index (κ1) is 17.3. The number of aryl methyl sites for hydroxylation is 2. The normalized spacial score (nSPS) is 16.4. The topological polar surface area (TPSA) is 11.4 Å². The second-order valence-electron chi connectivity index (χ2n) is 7.44. The summed E-state index contributed by atoms with van der Waals surface area (Å²) in [5.74, 6) is -0.167. The van der Waals surface area contributed by atoms with Crippen LogP contribution in [0.4, 0.5) is 4.39 Å². The minimum Gasteiger partial charge on any atom is -0.346 e. The second-order valence-corrected chi connectivity index (χ2v) is 7.44. The molecule has 136 valence electrons. The van der Waals surface area contributed by atoms with Crippen molar-refractivity contribution in [3.8, 4) is 0 Å². The third-order valence-electron chi connectivity index (χ3n) is 5.44. The second kappa shape index (κ2) is 7.22. The van der Waals surface area contributed by atoms with Crippen molar-refractivity contribution in [1.82, 2.24) is 14.4 Å². The number of fused-ring (bicyclic) bond motifs is 1. The molecule has 1 aromatic heterocycles. The molecule has 2 aromatic carbocycles. The van der Waals surface area contributed by atoms with Crippen LogP contribution in [0.5, 0.6) is 0 Å². The monoisotopic (exact) mass is 351 g/mol. The summed E-state index contributed by atoms with van der Waals surface area (Å²) in [6, 6.07) is 15.9. The van der Waals surface area contributed by atoms with Crippen LogP contribution < -0.4 is 0 Å². The lowest BCUT2D eigenvalue weighted by Crippen LogP contribution is -2.45. The molecule has 0 radical (unpaired) electrons. The van der Waals surface area contributed by atoms with Gasteiger partial charge in [-0.05, 0) is 36.8 Å². The number of hydrogen-bond acceptors (Lipinski definition) is 2. The van der Waals surface area contributed by atoms with Crippen molar-refractivity contribution in [2.45, 2.75) is 20.0 Å². The molecule has 0 bridgehead atoms. The van der Waals surface area contributed by atoms with E-state index in [1.165, 1.54) is 22.9 Å². The Labute approximate surface area is 154 Å². The SMILES string of the molecule is Cc1cccc(CN2CCN(Cc3cc4cc(F)ccc4n3C)CC2)c1. The number of nitrogens with zero attached hydrogens (tertiary/aromatic N) is 3. The van der Waals surface area contributed by atoms with Gasteiger partial charge < -0.3 is 4.57 Å². The van der Waals surface area contributed by atoms with Gasteiger partial charge in [-0.15, -0.1) is 0 Å². The van der Waals surface area contributed by atoms with Gasteiger partial charge in [0.25, 0.3) is 0 Å². The maximum atomic E-state index is 13.5. The van der Waals surface area contributed by atoms with Gasteiger partial charge in [0.2, 0.25) is 0 Å². The Morgan fingerprint density at radius 2 is 1.62 bits per heavy atom. The van der Waals surface area contributed by atoms with Gasteiger partial charge in [-0.3, -0.25) is 9.80 Å². The molecule has 0 saturated carbocycles. The van der Waals surface area contributed by atoms with Gasteiger partial charge in [-0.1, -0.05) is 29.8 Å². The highest BCUT2D eigenvalue weighted by molar-refractivity contribution is 5.81. The van der Waals surface area contributed by atoms with E-state index in [1.54, 1.807) is 6.07 Å². The molecular formula is C22H26FN3. The Kier molecular flexibility index (Phi) is 4.79. The van der Waals surface area contributed by atoms with Crippen molar-refractivity contribution >= 4 is 10.9 Å². The summed E-state index contributed by atoms with van der Waals surface area (Å²) in [6.45, 7) is 8.42. The molecule has 0 unspecified atom stereocenters. The van der Waals surface area contributed by atoms with Crippen LogP contribution in [0, 0.1) is 12.7 Å². The molecule has 1 aliphatic rings. The largest absolute Gasteiger partial charge is 0.346 e. The van der Waals surface area contributed by atoms with Gasteiger partial charge in [0.05, 0.1) is 0 Å². The molecule has 1 aliphatic heterocycles. The Morgan fingerprint density at radius 1 is 0.885 bits per heavy atom. The third-order valence-corrected chi connectivity index (χ3v) is 5.44. The van der Waals surface area contributed by atoms with Gasteiger partial charge >= 0.3 is 0 Å². The number of hydrogen-bond donors (Lipinski definition) is 0. The van der Waals surface area contributed by atoms with Crippen molar-refractivity contribution in [2.24, 2.45) is 7.05 Å². The van der Waals surface area contributed by atoms with E-state index in [0.29, 0.717) is 0 Å². The highest BCUT2D eigenvalue weighted by Crippen LogP contribution is 2.21. The maximum Gasteiger partial charge on any atom is 0.123 e.